The van der Waals surface area contributed by atoms with Crippen LogP contribution in [-0.2, 0) is 13.1 Å². The van der Waals surface area contributed by atoms with Crippen molar-refractivity contribution in [3.8, 4) is 6.07 Å². The topological polar surface area (TPSA) is 65.9 Å². The van der Waals surface area contributed by atoms with E-state index < -0.39 is 0 Å². The fourth-order valence-electron chi connectivity index (χ4n) is 2.32. The van der Waals surface area contributed by atoms with Gasteiger partial charge in [0.05, 0.1) is 5.69 Å². The summed E-state index contributed by atoms with van der Waals surface area (Å²) < 4.78 is 0. The molecule has 1 aliphatic heterocycles. The highest BCUT2D eigenvalue weighted by atomic mass is 15.2. The highest BCUT2D eigenvalue weighted by Crippen LogP contribution is 2.30. The van der Waals surface area contributed by atoms with Crippen LogP contribution in [0.5, 0.6) is 0 Å². The van der Waals surface area contributed by atoms with E-state index in [9.17, 15) is 0 Å². The zero-order chi connectivity index (χ0) is 12.5. The predicted octanol–water partition coefficient (Wildman–Crippen LogP) is 2.06. The number of hydrogen-bond acceptors (Lipinski definition) is 4. The molecule has 0 radical (unpaired) electrons. The predicted molar refractivity (Wildman–Crippen MR) is 69.7 cm³/mol. The van der Waals surface area contributed by atoms with E-state index in [-0.39, 0.29) is 0 Å². The number of anilines is 2. The zero-order valence-electron chi connectivity index (χ0n) is 9.80. The molecule has 3 rings (SSSR count). The molecule has 0 aliphatic carbocycles. The van der Waals surface area contributed by atoms with Crippen LogP contribution < -0.4 is 10.6 Å². The first-order valence-electron chi connectivity index (χ1n) is 5.75. The Labute approximate surface area is 105 Å². The highest BCUT2D eigenvalue weighted by Gasteiger charge is 2.21. The first-order chi connectivity index (χ1) is 8.78. The summed E-state index contributed by atoms with van der Waals surface area (Å²) in [5.41, 5.74) is 10.4. The lowest BCUT2D eigenvalue weighted by molar-refractivity contribution is 0.872. The number of benzene rings is 1. The van der Waals surface area contributed by atoms with Crippen molar-refractivity contribution in [2.75, 3.05) is 10.6 Å². The molecule has 1 aromatic carbocycles. The second kappa shape index (κ2) is 4.04. The van der Waals surface area contributed by atoms with Gasteiger partial charge >= 0.3 is 0 Å². The number of aromatic nitrogens is 1. The van der Waals surface area contributed by atoms with E-state index in [2.05, 4.69) is 16.0 Å². The summed E-state index contributed by atoms with van der Waals surface area (Å²) in [7, 11) is 0. The largest absolute Gasteiger partial charge is 0.399 e. The number of fused-ring (bicyclic) bond motifs is 1. The van der Waals surface area contributed by atoms with E-state index >= 15 is 0 Å². The molecule has 0 amide bonds. The molecule has 0 spiro atoms. The third-order valence-electron chi connectivity index (χ3n) is 3.19. The lowest BCUT2D eigenvalue weighted by Gasteiger charge is -2.18. The maximum absolute atomic E-state index is 9.08. The summed E-state index contributed by atoms with van der Waals surface area (Å²) >= 11 is 0. The maximum atomic E-state index is 9.08. The van der Waals surface area contributed by atoms with E-state index in [0.717, 1.165) is 24.5 Å². The summed E-state index contributed by atoms with van der Waals surface area (Å²) in [4.78, 5) is 6.24. The Hall–Kier alpha value is -2.54. The van der Waals surface area contributed by atoms with Gasteiger partial charge in [0.15, 0.2) is 5.69 Å². The molecule has 4 heteroatoms. The second-order valence-electron chi connectivity index (χ2n) is 4.37. The van der Waals surface area contributed by atoms with Crippen LogP contribution in [0.3, 0.4) is 0 Å². The third-order valence-corrected chi connectivity index (χ3v) is 3.19. The number of nitriles is 1. The van der Waals surface area contributed by atoms with E-state index in [1.54, 1.807) is 6.20 Å². The molecule has 0 fully saturated rings. The Morgan fingerprint density at radius 2 is 2.06 bits per heavy atom. The van der Waals surface area contributed by atoms with Crippen LogP contribution >= 0.6 is 0 Å². The number of nitrogen functional groups attached to an aromatic ring is 1. The normalized spacial score (nSPS) is 13.2. The van der Waals surface area contributed by atoms with Crippen LogP contribution in [0, 0.1) is 11.3 Å². The van der Waals surface area contributed by atoms with Crippen LogP contribution in [0.2, 0.25) is 0 Å². The fraction of sp³-hybridized carbons (Fsp3) is 0.143. The van der Waals surface area contributed by atoms with Crippen LogP contribution in [0.15, 0.2) is 36.5 Å². The average molecular weight is 236 g/mol. The molecule has 0 atom stereocenters. The molecular weight excluding hydrogens is 224 g/mol. The lowest BCUT2D eigenvalue weighted by Crippen LogP contribution is -2.16. The van der Waals surface area contributed by atoms with Crippen molar-refractivity contribution < 1.29 is 0 Å². The van der Waals surface area contributed by atoms with Crippen molar-refractivity contribution in [2.24, 2.45) is 0 Å². The summed E-state index contributed by atoms with van der Waals surface area (Å²) in [5, 5.41) is 9.08. The number of rotatable bonds is 1. The van der Waals surface area contributed by atoms with Gasteiger partial charge in [-0.15, -0.1) is 0 Å². The van der Waals surface area contributed by atoms with Crippen molar-refractivity contribution in [1.29, 1.82) is 5.26 Å². The van der Waals surface area contributed by atoms with Gasteiger partial charge in [-0.25, -0.2) is 4.98 Å². The summed E-state index contributed by atoms with van der Waals surface area (Å²) in [6, 6.07) is 11.9. The van der Waals surface area contributed by atoms with Crippen molar-refractivity contribution in [1.82, 2.24) is 4.98 Å². The smallest absolute Gasteiger partial charge is 0.163 e. The van der Waals surface area contributed by atoms with E-state index in [1.807, 2.05) is 30.3 Å². The Bertz CT molecular complexity index is 642. The summed E-state index contributed by atoms with van der Waals surface area (Å²) in [5.74, 6) is 0. The zero-order valence-corrected chi connectivity index (χ0v) is 9.80. The number of nitrogens with zero attached hydrogens (tertiary/aromatic N) is 3. The van der Waals surface area contributed by atoms with Gasteiger partial charge in [0.2, 0.25) is 0 Å². The maximum Gasteiger partial charge on any atom is 0.163 e. The van der Waals surface area contributed by atoms with Gasteiger partial charge in [-0.1, -0.05) is 6.07 Å². The van der Waals surface area contributed by atoms with Gasteiger partial charge < -0.3 is 10.6 Å². The monoisotopic (exact) mass is 236 g/mol. The Morgan fingerprint density at radius 3 is 2.89 bits per heavy atom. The molecule has 0 saturated carbocycles. The van der Waals surface area contributed by atoms with Crippen molar-refractivity contribution in [3.63, 3.8) is 0 Å². The fourth-order valence-corrected chi connectivity index (χ4v) is 2.32. The molecule has 2 heterocycles. The number of pyridine rings is 1. The lowest BCUT2D eigenvalue weighted by atomic mass is 10.1. The molecule has 0 bridgehead atoms. The molecule has 2 aromatic rings. The molecule has 4 nitrogen and oxygen atoms in total. The molecule has 2 N–H and O–H groups in total. The van der Waals surface area contributed by atoms with Gasteiger partial charge in [0, 0.05) is 25.0 Å². The minimum atomic E-state index is 0.471. The van der Waals surface area contributed by atoms with E-state index in [4.69, 9.17) is 11.0 Å². The first kappa shape index (κ1) is 10.6. The van der Waals surface area contributed by atoms with Crippen LogP contribution in [0.1, 0.15) is 16.8 Å². The van der Waals surface area contributed by atoms with E-state index in [0.29, 0.717) is 5.69 Å². The van der Waals surface area contributed by atoms with Crippen molar-refractivity contribution >= 4 is 11.4 Å². The Balaban J connectivity index is 1.97. The Morgan fingerprint density at radius 1 is 1.22 bits per heavy atom. The van der Waals surface area contributed by atoms with Gasteiger partial charge in [0.25, 0.3) is 0 Å². The van der Waals surface area contributed by atoms with Crippen LogP contribution in [0.4, 0.5) is 11.4 Å². The van der Waals surface area contributed by atoms with Crippen LogP contribution in [-0.4, -0.2) is 4.98 Å². The molecule has 88 valence electrons. The molecule has 0 unspecified atom stereocenters. The standard InChI is InChI=1S/C14H12N4/c15-7-13-14(2-1-5-17-13)18-8-10-3-4-12(16)6-11(10)9-18/h1-6H,8-9,16H2. The highest BCUT2D eigenvalue weighted by molar-refractivity contribution is 5.60. The van der Waals surface area contributed by atoms with Gasteiger partial charge in [-0.3, -0.25) is 0 Å². The number of hydrogen-bond donors (Lipinski definition) is 1. The molecule has 18 heavy (non-hydrogen) atoms. The molecule has 0 saturated heterocycles. The van der Waals surface area contributed by atoms with Crippen LogP contribution in [0.25, 0.3) is 0 Å². The minimum Gasteiger partial charge on any atom is -0.399 e. The quantitative estimate of drug-likeness (QED) is 0.769. The SMILES string of the molecule is N#Cc1ncccc1N1Cc2ccc(N)cc2C1. The van der Waals surface area contributed by atoms with Crippen molar-refractivity contribution in [3.05, 3.63) is 53.3 Å². The Kier molecular flexibility index (Phi) is 2.38. The van der Waals surface area contributed by atoms with Gasteiger partial charge in [-0.2, -0.15) is 5.26 Å². The minimum absolute atomic E-state index is 0.471. The summed E-state index contributed by atoms with van der Waals surface area (Å²) in [6.45, 7) is 1.58. The molecular formula is C14H12N4. The molecule has 1 aliphatic rings. The first-order valence-corrected chi connectivity index (χ1v) is 5.75. The average Bonchev–Trinajstić information content (AvgIpc) is 2.81. The van der Waals surface area contributed by atoms with Gasteiger partial charge in [0.1, 0.15) is 6.07 Å². The van der Waals surface area contributed by atoms with Crippen molar-refractivity contribution in [2.45, 2.75) is 13.1 Å². The summed E-state index contributed by atoms with van der Waals surface area (Å²) in [6.07, 6.45) is 1.64. The van der Waals surface area contributed by atoms with Gasteiger partial charge in [-0.05, 0) is 35.4 Å². The van der Waals surface area contributed by atoms with E-state index in [1.165, 1.54) is 11.1 Å². The second-order valence-corrected chi connectivity index (χ2v) is 4.37. The third kappa shape index (κ3) is 1.66. The number of nitrogens with two attached hydrogens (primary N) is 1. The molecule has 1 aromatic heterocycles.